The minimum Gasteiger partial charge on any atom is -0.370 e. The zero-order valence-electron chi connectivity index (χ0n) is 14.3. The van der Waals surface area contributed by atoms with Crippen LogP contribution in [-0.2, 0) is 6.54 Å². The second kappa shape index (κ2) is 7.30. The fourth-order valence-corrected chi connectivity index (χ4v) is 3.92. The van der Waals surface area contributed by atoms with Crippen molar-refractivity contribution in [2.75, 3.05) is 31.1 Å². The molecule has 6 heteroatoms. The van der Waals surface area contributed by atoms with Crippen molar-refractivity contribution in [3.63, 3.8) is 0 Å². The van der Waals surface area contributed by atoms with Crippen molar-refractivity contribution in [3.8, 4) is 0 Å². The maximum atomic E-state index is 12.5. The average molecular weight is 403 g/mol. The minimum absolute atomic E-state index is 0.0277. The number of piperidine rings is 1. The molecule has 1 aromatic heterocycles. The molecule has 2 aliphatic rings. The number of likely N-dealkylation sites (tertiary alicyclic amines) is 1. The Morgan fingerprint density at radius 1 is 1.12 bits per heavy atom. The van der Waals surface area contributed by atoms with Gasteiger partial charge in [-0.15, -0.1) is 0 Å². The van der Waals surface area contributed by atoms with Gasteiger partial charge in [0, 0.05) is 36.7 Å². The van der Waals surface area contributed by atoms with Gasteiger partial charge in [-0.2, -0.15) is 5.10 Å². The molecule has 0 amide bonds. The Hall–Kier alpha value is -1.66. The van der Waals surface area contributed by atoms with Gasteiger partial charge in [0.2, 0.25) is 0 Å². The van der Waals surface area contributed by atoms with Crippen LogP contribution < -0.4 is 10.5 Å². The lowest BCUT2D eigenvalue weighted by Gasteiger charge is -2.34. The topological polar surface area (TPSA) is 41.4 Å². The highest BCUT2D eigenvalue weighted by Crippen LogP contribution is 2.23. The maximum Gasteiger partial charge on any atom is 0.269 e. The highest BCUT2D eigenvalue weighted by atomic mass is 79.9. The van der Waals surface area contributed by atoms with Crippen molar-refractivity contribution in [1.29, 1.82) is 0 Å². The SMILES string of the molecule is O=c1cc(N2CCC2)cnn1C1CCCN(Cc2ccc(Br)cc2)C1. The minimum atomic E-state index is 0.0277. The monoisotopic (exact) mass is 402 g/mol. The van der Waals surface area contributed by atoms with Crippen LogP contribution in [0.2, 0.25) is 0 Å². The van der Waals surface area contributed by atoms with Gasteiger partial charge < -0.3 is 4.90 Å². The summed E-state index contributed by atoms with van der Waals surface area (Å²) in [5.41, 5.74) is 2.30. The van der Waals surface area contributed by atoms with Gasteiger partial charge in [0.1, 0.15) is 0 Å². The molecular weight excluding hydrogens is 380 g/mol. The predicted molar refractivity (Wildman–Crippen MR) is 103 cm³/mol. The van der Waals surface area contributed by atoms with E-state index < -0.39 is 0 Å². The van der Waals surface area contributed by atoms with Crippen LogP contribution >= 0.6 is 15.9 Å². The summed E-state index contributed by atoms with van der Waals surface area (Å²) in [5.74, 6) is 0. The van der Waals surface area contributed by atoms with E-state index in [2.05, 4.69) is 55.1 Å². The Labute approximate surface area is 156 Å². The molecule has 0 radical (unpaired) electrons. The number of rotatable bonds is 4. The van der Waals surface area contributed by atoms with Crippen LogP contribution in [0.25, 0.3) is 0 Å². The van der Waals surface area contributed by atoms with E-state index in [0.717, 1.165) is 55.7 Å². The molecule has 0 bridgehead atoms. The Bertz CT molecular complexity index is 785. The Morgan fingerprint density at radius 3 is 2.60 bits per heavy atom. The second-order valence-electron chi connectivity index (χ2n) is 6.99. The summed E-state index contributed by atoms with van der Waals surface area (Å²) in [7, 11) is 0. The predicted octanol–water partition coefficient (Wildman–Crippen LogP) is 3.05. The number of benzene rings is 1. The van der Waals surface area contributed by atoms with E-state index in [1.165, 1.54) is 12.0 Å². The van der Waals surface area contributed by atoms with Gasteiger partial charge >= 0.3 is 0 Å². The fraction of sp³-hybridized carbons (Fsp3) is 0.474. The molecule has 0 aliphatic carbocycles. The molecule has 2 fully saturated rings. The lowest BCUT2D eigenvalue weighted by atomic mass is 10.0. The van der Waals surface area contributed by atoms with E-state index >= 15 is 0 Å². The maximum absolute atomic E-state index is 12.5. The van der Waals surface area contributed by atoms with Gasteiger partial charge in [-0.25, -0.2) is 4.68 Å². The molecule has 0 N–H and O–H groups in total. The molecule has 2 aliphatic heterocycles. The van der Waals surface area contributed by atoms with Crippen molar-refractivity contribution in [2.24, 2.45) is 0 Å². The summed E-state index contributed by atoms with van der Waals surface area (Å²) >= 11 is 3.48. The van der Waals surface area contributed by atoms with Gasteiger partial charge in [-0.1, -0.05) is 28.1 Å². The molecule has 25 heavy (non-hydrogen) atoms. The van der Waals surface area contributed by atoms with E-state index in [4.69, 9.17) is 0 Å². The molecule has 2 saturated heterocycles. The molecule has 2 aromatic rings. The van der Waals surface area contributed by atoms with Crippen LogP contribution in [0.5, 0.6) is 0 Å². The number of hydrogen-bond donors (Lipinski definition) is 0. The first-order valence-corrected chi connectivity index (χ1v) is 9.79. The number of aromatic nitrogens is 2. The standard InChI is InChI=1S/C19H23BrN4O/c20-16-6-4-15(5-7-16)13-22-8-1-3-17(14-22)24-19(25)11-18(12-21-24)23-9-2-10-23/h4-7,11-12,17H,1-3,8-10,13-14H2. The summed E-state index contributed by atoms with van der Waals surface area (Å²) in [4.78, 5) is 17.2. The quantitative estimate of drug-likeness (QED) is 0.787. The highest BCUT2D eigenvalue weighted by molar-refractivity contribution is 9.10. The zero-order chi connectivity index (χ0) is 17.2. The lowest BCUT2D eigenvalue weighted by Crippen LogP contribution is -2.41. The van der Waals surface area contributed by atoms with Crippen molar-refractivity contribution < 1.29 is 0 Å². The van der Waals surface area contributed by atoms with Gasteiger partial charge in [0.25, 0.3) is 5.56 Å². The molecular formula is C19H23BrN4O. The van der Waals surface area contributed by atoms with E-state index in [-0.39, 0.29) is 11.6 Å². The summed E-state index contributed by atoms with van der Waals surface area (Å²) in [6, 6.07) is 10.4. The Kier molecular flexibility index (Phi) is 4.90. The molecule has 1 aromatic carbocycles. The first-order valence-electron chi connectivity index (χ1n) is 9.00. The Morgan fingerprint density at radius 2 is 1.92 bits per heavy atom. The van der Waals surface area contributed by atoms with Gasteiger partial charge in [0.05, 0.1) is 17.9 Å². The normalized spacial score (nSPS) is 21.2. The highest BCUT2D eigenvalue weighted by Gasteiger charge is 2.24. The first kappa shape index (κ1) is 16.8. The molecule has 1 atom stereocenters. The van der Waals surface area contributed by atoms with Crippen molar-refractivity contribution in [1.82, 2.24) is 14.7 Å². The lowest BCUT2D eigenvalue weighted by molar-refractivity contribution is 0.160. The third-order valence-corrected chi connectivity index (χ3v) is 5.71. The van der Waals surface area contributed by atoms with E-state index in [1.54, 1.807) is 10.7 Å². The fourth-order valence-electron chi connectivity index (χ4n) is 3.65. The van der Waals surface area contributed by atoms with E-state index in [9.17, 15) is 4.79 Å². The van der Waals surface area contributed by atoms with E-state index in [1.807, 2.05) is 6.20 Å². The molecule has 3 heterocycles. The molecule has 0 spiro atoms. The largest absolute Gasteiger partial charge is 0.370 e. The molecule has 5 nitrogen and oxygen atoms in total. The third kappa shape index (κ3) is 3.80. The molecule has 0 saturated carbocycles. The van der Waals surface area contributed by atoms with Crippen LogP contribution in [0.15, 0.2) is 45.8 Å². The first-order chi connectivity index (χ1) is 12.2. The number of nitrogens with zero attached hydrogens (tertiary/aromatic N) is 4. The molecule has 1 unspecified atom stereocenters. The van der Waals surface area contributed by atoms with Crippen molar-refractivity contribution >= 4 is 21.6 Å². The van der Waals surface area contributed by atoms with Crippen LogP contribution in [0.1, 0.15) is 30.9 Å². The number of hydrogen-bond acceptors (Lipinski definition) is 4. The van der Waals surface area contributed by atoms with Crippen molar-refractivity contribution in [2.45, 2.75) is 31.8 Å². The summed E-state index contributed by atoms with van der Waals surface area (Å²) in [6.07, 6.45) is 5.18. The van der Waals surface area contributed by atoms with Gasteiger partial charge in [-0.05, 0) is 43.5 Å². The van der Waals surface area contributed by atoms with Crippen molar-refractivity contribution in [3.05, 3.63) is 56.9 Å². The Balaban J connectivity index is 1.45. The van der Waals surface area contributed by atoms with Crippen LogP contribution in [0.4, 0.5) is 5.69 Å². The summed E-state index contributed by atoms with van der Waals surface area (Å²) in [5, 5.41) is 4.49. The summed E-state index contributed by atoms with van der Waals surface area (Å²) in [6.45, 7) is 4.95. The number of anilines is 1. The third-order valence-electron chi connectivity index (χ3n) is 5.18. The van der Waals surface area contributed by atoms with Crippen LogP contribution in [-0.4, -0.2) is 40.9 Å². The smallest absolute Gasteiger partial charge is 0.269 e. The van der Waals surface area contributed by atoms with E-state index in [0.29, 0.717) is 0 Å². The molecule has 4 rings (SSSR count). The van der Waals surface area contributed by atoms with Gasteiger partial charge in [-0.3, -0.25) is 9.69 Å². The zero-order valence-corrected chi connectivity index (χ0v) is 15.9. The van der Waals surface area contributed by atoms with Crippen LogP contribution in [0.3, 0.4) is 0 Å². The average Bonchev–Trinajstić information content (AvgIpc) is 2.56. The summed E-state index contributed by atoms with van der Waals surface area (Å²) < 4.78 is 2.79. The van der Waals surface area contributed by atoms with Crippen LogP contribution in [0, 0.1) is 0 Å². The number of halogens is 1. The van der Waals surface area contributed by atoms with Gasteiger partial charge in [0.15, 0.2) is 0 Å². The second-order valence-corrected chi connectivity index (χ2v) is 7.91. The molecule has 132 valence electrons.